The number of aldehydes is 1. The van der Waals surface area contributed by atoms with Crippen LogP contribution in [0.3, 0.4) is 0 Å². The normalized spacial score (nSPS) is 14.0. The van der Waals surface area contributed by atoms with Crippen molar-refractivity contribution in [2.75, 3.05) is 21.1 Å². The van der Waals surface area contributed by atoms with Gasteiger partial charge >= 0.3 is 0 Å². The Morgan fingerprint density at radius 3 is 2.17 bits per heavy atom. The van der Waals surface area contributed by atoms with E-state index in [1.54, 1.807) is 6.92 Å². The molecule has 0 heterocycles. The van der Waals surface area contributed by atoms with Crippen molar-refractivity contribution in [1.29, 1.82) is 0 Å². The third kappa shape index (κ3) is 3.62. The summed E-state index contributed by atoms with van der Waals surface area (Å²) in [4.78, 5) is 21.3. The maximum absolute atomic E-state index is 11.2. The van der Waals surface area contributed by atoms with E-state index in [9.17, 15) is 9.59 Å². The summed E-state index contributed by atoms with van der Waals surface area (Å²) in [6.45, 7) is 1.58. The van der Waals surface area contributed by atoms with Crippen LogP contribution < -0.4 is 0 Å². The second-order valence-electron chi connectivity index (χ2n) is 3.99. The largest absolute Gasteiger partial charge is 0.322 e. The number of Topliss-reactive ketones (excluding diaryl/α,β-unsaturated/α-hetero) is 1. The highest BCUT2D eigenvalue weighted by molar-refractivity contribution is 5.80. The quantitative estimate of drug-likeness (QED) is 0.450. The summed E-state index contributed by atoms with van der Waals surface area (Å²) in [6.07, 6.45) is 1.99. The van der Waals surface area contributed by atoms with Gasteiger partial charge in [0.15, 0.2) is 5.78 Å². The molecule has 0 amide bonds. The fourth-order valence-corrected chi connectivity index (χ4v) is 1.36. The predicted octanol–water partition coefficient (Wildman–Crippen LogP) is 0.629. The van der Waals surface area contributed by atoms with Gasteiger partial charge in [0.05, 0.1) is 21.1 Å². The van der Waals surface area contributed by atoms with Crippen molar-refractivity contribution < 1.29 is 14.1 Å². The van der Waals surface area contributed by atoms with Gasteiger partial charge in [-0.1, -0.05) is 0 Å². The molecule has 12 heavy (non-hydrogen) atoms. The molecular formula is C9H18NO2+. The van der Waals surface area contributed by atoms with E-state index in [1.807, 2.05) is 21.1 Å². The van der Waals surface area contributed by atoms with Crippen LogP contribution in [0.15, 0.2) is 0 Å². The van der Waals surface area contributed by atoms with E-state index in [4.69, 9.17) is 0 Å². The number of carbonyl (C=O) groups is 2. The first-order valence-electron chi connectivity index (χ1n) is 4.14. The SMILES string of the molecule is CC(=O)C(CCC=O)[N+](C)(C)C. The van der Waals surface area contributed by atoms with Crippen molar-refractivity contribution in [1.82, 2.24) is 0 Å². The standard InChI is InChI=1S/C9H18NO2/c1-8(12)9(6-5-7-11)10(2,3)4/h7,9H,5-6H2,1-4H3/q+1. The van der Waals surface area contributed by atoms with Crippen LogP contribution in [0.25, 0.3) is 0 Å². The number of hydrogen-bond acceptors (Lipinski definition) is 2. The van der Waals surface area contributed by atoms with Crippen LogP contribution >= 0.6 is 0 Å². The van der Waals surface area contributed by atoms with Crippen LogP contribution in [0.5, 0.6) is 0 Å². The zero-order chi connectivity index (χ0) is 9.78. The summed E-state index contributed by atoms with van der Waals surface area (Å²) < 4.78 is 0.600. The molecule has 0 aliphatic rings. The first-order valence-corrected chi connectivity index (χ1v) is 4.14. The highest BCUT2D eigenvalue weighted by atomic mass is 16.1. The molecule has 3 nitrogen and oxygen atoms in total. The van der Waals surface area contributed by atoms with Crippen LogP contribution in [-0.2, 0) is 9.59 Å². The fourth-order valence-electron chi connectivity index (χ4n) is 1.36. The summed E-state index contributed by atoms with van der Waals surface area (Å²) in [5, 5.41) is 0. The monoisotopic (exact) mass is 172 g/mol. The molecule has 0 aromatic carbocycles. The Labute approximate surface area is 74.0 Å². The van der Waals surface area contributed by atoms with Crippen molar-refractivity contribution >= 4 is 12.1 Å². The molecule has 0 N–H and O–H groups in total. The van der Waals surface area contributed by atoms with Crippen molar-refractivity contribution in [2.45, 2.75) is 25.8 Å². The first kappa shape index (κ1) is 11.3. The molecule has 1 unspecified atom stereocenters. The van der Waals surface area contributed by atoms with E-state index in [0.717, 1.165) is 6.29 Å². The number of quaternary nitrogens is 1. The van der Waals surface area contributed by atoms with Crippen LogP contribution in [0.2, 0.25) is 0 Å². The molecule has 0 radical (unpaired) electrons. The van der Waals surface area contributed by atoms with E-state index in [2.05, 4.69) is 0 Å². The number of hydrogen-bond donors (Lipinski definition) is 0. The molecule has 0 fully saturated rings. The Morgan fingerprint density at radius 1 is 1.42 bits per heavy atom. The summed E-state index contributed by atoms with van der Waals surface area (Å²) in [6, 6.07) is -0.0461. The van der Waals surface area contributed by atoms with E-state index in [0.29, 0.717) is 17.3 Å². The zero-order valence-electron chi connectivity index (χ0n) is 8.33. The molecule has 0 bridgehead atoms. The van der Waals surface area contributed by atoms with Gasteiger partial charge < -0.3 is 9.28 Å². The lowest BCUT2D eigenvalue weighted by Crippen LogP contribution is -2.49. The number of rotatable bonds is 5. The maximum atomic E-state index is 11.2. The second kappa shape index (κ2) is 4.36. The molecule has 0 aromatic rings. The maximum Gasteiger partial charge on any atom is 0.186 e. The minimum Gasteiger partial charge on any atom is -0.322 e. The minimum absolute atomic E-state index is 0.0461. The fraction of sp³-hybridized carbons (Fsp3) is 0.778. The number of ketones is 1. The highest BCUT2D eigenvalue weighted by Crippen LogP contribution is 2.09. The molecule has 3 heteroatoms. The van der Waals surface area contributed by atoms with Crippen LogP contribution in [-0.4, -0.2) is 43.7 Å². The third-order valence-corrected chi connectivity index (χ3v) is 1.96. The number of nitrogens with zero attached hydrogens (tertiary/aromatic N) is 1. The Hall–Kier alpha value is -0.700. The Bertz CT molecular complexity index is 170. The predicted molar refractivity (Wildman–Crippen MR) is 47.8 cm³/mol. The average Bonchev–Trinajstić information content (AvgIpc) is 1.84. The van der Waals surface area contributed by atoms with E-state index in [1.165, 1.54) is 0 Å². The molecule has 0 spiro atoms. The topological polar surface area (TPSA) is 34.1 Å². The highest BCUT2D eigenvalue weighted by Gasteiger charge is 2.27. The van der Waals surface area contributed by atoms with Gasteiger partial charge in [0.1, 0.15) is 12.3 Å². The molecule has 0 aliphatic heterocycles. The van der Waals surface area contributed by atoms with Gasteiger partial charge in [-0.05, 0) is 0 Å². The molecule has 0 saturated carbocycles. The van der Waals surface area contributed by atoms with E-state index in [-0.39, 0.29) is 11.8 Å². The van der Waals surface area contributed by atoms with Gasteiger partial charge in [-0.2, -0.15) is 0 Å². The Kier molecular flexibility index (Phi) is 4.10. The van der Waals surface area contributed by atoms with Gasteiger partial charge in [0.25, 0.3) is 0 Å². The van der Waals surface area contributed by atoms with Crippen LogP contribution in [0, 0.1) is 0 Å². The Balaban J connectivity index is 4.24. The van der Waals surface area contributed by atoms with Crippen LogP contribution in [0.1, 0.15) is 19.8 Å². The minimum atomic E-state index is -0.0461. The van der Waals surface area contributed by atoms with Gasteiger partial charge in [-0.3, -0.25) is 4.79 Å². The van der Waals surface area contributed by atoms with E-state index < -0.39 is 0 Å². The van der Waals surface area contributed by atoms with Crippen LogP contribution in [0.4, 0.5) is 0 Å². The number of likely N-dealkylation sites (N-methyl/N-ethyl adjacent to an activating group) is 1. The lowest BCUT2D eigenvalue weighted by atomic mass is 10.1. The van der Waals surface area contributed by atoms with Crippen molar-refractivity contribution in [3.63, 3.8) is 0 Å². The summed E-state index contributed by atoms with van der Waals surface area (Å²) >= 11 is 0. The van der Waals surface area contributed by atoms with Gasteiger partial charge in [-0.25, -0.2) is 0 Å². The summed E-state index contributed by atoms with van der Waals surface area (Å²) in [5.74, 6) is 0.157. The summed E-state index contributed by atoms with van der Waals surface area (Å²) in [7, 11) is 5.91. The van der Waals surface area contributed by atoms with Gasteiger partial charge in [-0.15, -0.1) is 0 Å². The van der Waals surface area contributed by atoms with Crippen molar-refractivity contribution in [3.8, 4) is 0 Å². The summed E-state index contributed by atoms with van der Waals surface area (Å²) in [5.41, 5.74) is 0. The molecule has 1 atom stereocenters. The smallest absolute Gasteiger partial charge is 0.186 e. The average molecular weight is 172 g/mol. The zero-order valence-corrected chi connectivity index (χ0v) is 8.33. The van der Waals surface area contributed by atoms with Gasteiger partial charge in [0.2, 0.25) is 0 Å². The van der Waals surface area contributed by atoms with Gasteiger partial charge in [0, 0.05) is 19.8 Å². The second-order valence-corrected chi connectivity index (χ2v) is 3.99. The number of carbonyl (C=O) groups excluding carboxylic acids is 2. The van der Waals surface area contributed by atoms with E-state index >= 15 is 0 Å². The molecular weight excluding hydrogens is 154 g/mol. The third-order valence-electron chi connectivity index (χ3n) is 1.96. The van der Waals surface area contributed by atoms with Crippen molar-refractivity contribution in [3.05, 3.63) is 0 Å². The Morgan fingerprint density at radius 2 is 1.92 bits per heavy atom. The lowest BCUT2D eigenvalue weighted by molar-refractivity contribution is -0.886. The molecule has 0 rings (SSSR count). The van der Waals surface area contributed by atoms with Crippen molar-refractivity contribution in [2.24, 2.45) is 0 Å². The molecule has 70 valence electrons. The molecule has 0 aliphatic carbocycles. The lowest BCUT2D eigenvalue weighted by Gasteiger charge is -2.31. The first-order chi connectivity index (χ1) is 5.39. The molecule has 0 saturated heterocycles. The molecule has 0 aromatic heterocycles.